The second kappa shape index (κ2) is 7.17. The summed E-state index contributed by atoms with van der Waals surface area (Å²) in [5.41, 5.74) is 1.48. The third kappa shape index (κ3) is 3.77. The van der Waals surface area contributed by atoms with E-state index in [1.54, 1.807) is 23.7 Å². The van der Waals surface area contributed by atoms with Crippen LogP contribution in [0.25, 0.3) is 0 Å². The van der Waals surface area contributed by atoms with E-state index in [9.17, 15) is 0 Å². The van der Waals surface area contributed by atoms with Crippen LogP contribution in [0.3, 0.4) is 0 Å². The SMILES string of the molecule is c1cnc(NC[C@@H]2CCC[C@@]3(CCN(Cc4ccsc4)C3)O2)nc1. The topological polar surface area (TPSA) is 50.3 Å². The van der Waals surface area contributed by atoms with Crippen LogP contribution in [0.5, 0.6) is 0 Å². The largest absolute Gasteiger partial charge is 0.369 e. The first-order valence-electron chi connectivity index (χ1n) is 8.74. The highest BCUT2D eigenvalue weighted by Gasteiger charge is 2.42. The third-order valence-corrected chi connectivity index (χ3v) is 5.74. The molecule has 5 nitrogen and oxygen atoms in total. The Morgan fingerprint density at radius 3 is 3.08 bits per heavy atom. The maximum atomic E-state index is 6.55. The van der Waals surface area contributed by atoms with Gasteiger partial charge in [0.05, 0.1) is 11.7 Å². The van der Waals surface area contributed by atoms with Gasteiger partial charge in [-0.15, -0.1) is 0 Å². The molecule has 2 atom stereocenters. The van der Waals surface area contributed by atoms with Crippen molar-refractivity contribution in [2.75, 3.05) is 25.0 Å². The molecule has 0 aliphatic carbocycles. The molecule has 0 bridgehead atoms. The van der Waals surface area contributed by atoms with Crippen LogP contribution in [-0.2, 0) is 11.3 Å². The molecule has 4 heterocycles. The standard InChI is InChI=1S/C18H24N4OS/c1-3-16(11-21-17-19-7-2-8-20-17)23-18(5-1)6-9-22(14-18)12-15-4-10-24-13-15/h2,4,7-8,10,13,16H,1,3,5-6,9,11-12,14H2,(H,19,20,21)/t16-,18-/m0/s1. The number of thiophene rings is 1. The van der Waals surface area contributed by atoms with Crippen molar-refractivity contribution in [3.8, 4) is 0 Å². The molecule has 2 aliphatic rings. The molecule has 2 aliphatic heterocycles. The summed E-state index contributed by atoms with van der Waals surface area (Å²) in [5.74, 6) is 0.686. The lowest BCUT2D eigenvalue weighted by atomic mass is 9.90. The summed E-state index contributed by atoms with van der Waals surface area (Å²) in [6, 6.07) is 4.06. The predicted octanol–water partition coefficient (Wildman–Crippen LogP) is 3.16. The highest BCUT2D eigenvalue weighted by Crippen LogP contribution is 2.37. The number of ether oxygens (including phenoxy) is 1. The summed E-state index contributed by atoms with van der Waals surface area (Å²) in [6.45, 7) is 4.03. The van der Waals surface area contributed by atoms with Gasteiger partial charge in [0.2, 0.25) is 5.95 Å². The van der Waals surface area contributed by atoms with Gasteiger partial charge in [-0.3, -0.25) is 4.90 Å². The minimum absolute atomic E-state index is 0.0537. The van der Waals surface area contributed by atoms with E-state index in [0.717, 1.165) is 39.0 Å². The van der Waals surface area contributed by atoms with Crippen molar-refractivity contribution in [1.29, 1.82) is 0 Å². The van der Waals surface area contributed by atoms with E-state index in [2.05, 4.69) is 37.0 Å². The van der Waals surface area contributed by atoms with Crippen LogP contribution >= 0.6 is 11.3 Å². The number of anilines is 1. The average Bonchev–Trinajstić information content (AvgIpc) is 3.25. The number of nitrogens with zero attached hydrogens (tertiary/aromatic N) is 3. The first-order chi connectivity index (χ1) is 11.8. The third-order valence-electron chi connectivity index (χ3n) is 5.01. The second-order valence-corrected chi connectivity index (χ2v) is 7.64. The van der Waals surface area contributed by atoms with Gasteiger partial charge in [-0.1, -0.05) is 0 Å². The van der Waals surface area contributed by atoms with Gasteiger partial charge in [-0.25, -0.2) is 9.97 Å². The number of hydrogen-bond donors (Lipinski definition) is 1. The van der Waals surface area contributed by atoms with Gasteiger partial charge < -0.3 is 10.1 Å². The fourth-order valence-electron chi connectivity index (χ4n) is 3.87. The molecule has 2 aromatic heterocycles. The molecule has 0 aromatic carbocycles. The number of aromatic nitrogens is 2. The molecule has 0 radical (unpaired) electrons. The fourth-order valence-corrected chi connectivity index (χ4v) is 4.53. The van der Waals surface area contributed by atoms with E-state index in [4.69, 9.17) is 4.74 Å². The van der Waals surface area contributed by atoms with E-state index < -0.39 is 0 Å². The van der Waals surface area contributed by atoms with Gasteiger partial charge in [-0.2, -0.15) is 11.3 Å². The lowest BCUT2D eigenvalue weighted by molar-refractivity contribution is -0.115. The smallest absolute Gasteiger partial charge is 0.222 e. The Kier molecular flexibility index (Phi) is 4.78. The zero-order valence-electron chi connectivity index (χ0n) is 13.9. The van der Waals surface area contributed by atoms with E-state index in [1.807, 2.05) is 6.07 Å². The molecule has 6 heteroatoms. The highest BCUT2D eigenvalue weighted by atomic mass is 32.1. The molecule has 1 spiro atoms. The molecule has 2 fully saturated rings. The zero-order valence-corrected chi connectivity index (χ0v) is 14.7. The van der Waals surface area contributed by atoms with Crippen molar-refractivity contribution in [3.63, 3.8) is 0 Å². The summed E-state index contributed by atoms with van der Waals surface area (Å²) < 4.78 is 6.55. The Balaban J connectivity index is 1.31. The average molecular weight is 344 g/mol. The van der Waals surface area contributed by atoms with Crippen LogP contribution in [0.15, 0.2) is 35.3 Å². The minimum atomic E-state index is 0.0537. The Hall–Kier alpha value is -1.50. The van der Waals surface area contributed by atoms with Gasteiger partial charge in [0.25, 0.3) is 0 Å². The number of likely N-dealkylation sites (tertiary alicyclic amines) is 1. The molecule has 24 heavy (non-hydrogen) atoms. The number of hydrogen-bond acceptors (Lipinski definition) is 6. The predicted molar refractivity (Wildman–Crippen MR) is 96.2 cm³/mol. The molecule has 128 valence electrons. The quantitative estimate of drug-likeness (QED) is 0.903. The lowest BCUT2D eigenvalue weighted by Crippen LogP contribution is -2.45. The van der Waals surface area contributed by atoms with Gasteiger partial charge in [0.15, 0.2) is 0 Å². The Bertz CT molecular complexity index is 636. The summed E-state index contributed by atoms with van der Waals surface area (Å²) in [6.07, 6.45) is 8.47. The molecule has 0 amide bonds. The van der Waals surface area contributed by atoms with Crippen LogP contribution in [-0.4, -0.2) is 46.2 Å². The molecule has 2 saturated heterocycles. The first kappa shape index (κ1) is 16.0. The zero-order chi connectivity index (χ0) is 16.2. The van der Waals surface area contributed by atoms with Crippen LogP contribution in [0.2, 0.25) is 0 Å². The molecule has 0 unspecified atom stereocenters. The molecular weight excluding hydrogens is 320 g/mol. The molecular formula is C18H24N4OS. The number of nitrogens with one attached hydrogen (secondary N) is 1. The summed E-state index contributed by atoms with van der Waals surface area (Å²) in [4.78, 5) is 11.0. The van der Waals surface area contributed by atoms with Gasteiger partial charge in [-0.05, 0) is 54.1 Å². The fraction of sp³-hybridized carbons (Fsp3) is 0.556. The van der Waals surface area contributed by atoms with E-state index >= 15 is 0 Å². The van der Waals surface area contributed by atoms with Crippen molar-refractivity contribution in [3.05, 3.63) is 40.8 Å². The lowest BCUT2D eigenvalue weighted by Gasteiger charge is -2.39. The Labute approximate surface area is 147 Å². The molecule has 0 saturated carbocycles. The van der Waals surface area contributed by atoms with Crippen LogP contribution in [0, 0.1) is 0 Å². The second-order valence-electron chi connectivity index (χ2n) is 6.86. The van der Waals surface area contributed by atoms with Gasteiger partial charge in [0, 0.05) is 38.6 Å². The summed E-state index contributed by atoms with van der Waals surface area (Å²) >= 11 is 1.78. The van der Waals surface area contributed by atoms with E-state index in [-0.39, 0.29) is 11.7 Å². The minimum Gasteiger partial charge on any atom is -0.369 e. The first-order valence-corrected chi connectivity index (χ1v) is 9.68. The maximum Gasteiger partial charge on any atom is 0.222 e. The normalized spacial score (nSPS) is 27.6. The van der Waals surface area contributed by atoms with Crippen LogP contribution in [0.1, 0.15) is 31.2 Å². The van der Waals surface area contributed by atoms with E-state index in [0.29, 0.717) is 5.95 Å². The van der Waals surface area contributed by atoms with Crippen molar-refractivity contribution < 1.29 is 4.74 Å². The van der Waals surface area contributed by atoms with Crippen molar-refractivity contribution in [2.24, 2.45) is 0 Å². The van der Waals surface area contributed by atoms with Crippen LogP contribution in [0.4, 0.5) is 5.95 Å². The maximum absolute atomic E-state index is 6.55. The summed E-state index contributed by atoms with van der Waals surface area (Å²) in [5, 5.41) is 7.72. The number of rotatable bonds is 5. The summed E-state index contributed by atoms with van der Waals surface area (Å²) in [7, 11) is 0. The van der Waals surface area contributed by atoms with E-state index in [1.165, 1.54) is 18.4 Å². The van der Waals surface area contributed by atoms with Gasteiger partial charge in [0.1, 0.15) is 0 Å². The van der Waals surface area contributed by atoms with Crippen LogP contribution < -0.4 is 5.32 Å². The van der Waals surface area contributed by atoms with Crippen molar-refractivity contribution in [2.45, 2.75) is 43.9 Å². The highest BCUT2D eigenvalue weighted by molar-refractivity contribution is 7.07. The van der Waals surface area contributed by atoms with Crippen molar-refractivity contribution in [1.82, 2.24) is 14.9 Å². The molecule has 4 rings (SSSR count). The molecule has 1 N–H and O–H groups in total. The monoisotopic (exact) mass is 344 g/mol. The molecule has 2 aromatic rings. The Morgan fingerprint density at radius 1 is 1.33 bits per heavy atom. The Morgan fingerprint density at radius 2 is 2.25 bits per heavy atom. The van der Waals surface area contributed by atoms with Gasteiger partial charge >= 0.3 is 0 Å². The van der Waals surface area contributed by atoms with Crippen molar-refractivity contribution >= 4 is 17.3 Å².